The first-order chi connectivity index (χ1) is 16.9. The molecule has 178 valence electrons. The first-order valence-corrected chi connectivity index (χ1v) is 11.8. The van der Waals surface area contributed by atoms with E-state index in [0.717, 1.165) is 16.9 Å². The van der Waals surface area contributed by atoms with Gasteiger partial charge < -0.3 is 15.4 Å². The van der Waals surface area contributed by atoms with Crippen molar-refractivity contribution in [3.8, 4) is 5.75 Å². The van der Waals surface area contributed by atoms with E-state index in [4.69, 9.17) is 4.74 Å². The van der Waals surface area contributed by atoms with E-state index in [2.05, 4.69) is 24.5 Å². The number of benzene rings is 3. The number of hydrogen-bond acceptors (Lipinski definition) is 4. The SMILES string of the molecule is COc1ccc([C@H]2C3=C(CC(C)(C)CC3=O)Nc3ccccc3N2C(=O)Nc2ccccc2)cc1. The minimum atomic E-state index is -0.598. The van der Waals surface area contributed by atoms with Gasteiger partial charge in [0.15, 0.2) is 5.78 Å². The Morgan fingerprint density at radius 1 is 0.971 bits per heavy atom. The zero-order chi connectivity index (χ0) is 24.6. The number of ketones is 1. The Bertz CT molecular complexity index is 1300. The average Bonchev–Trinajstić information content (AvgIpc) is 2.98. The van der Waals surface area contributed by atoms with Gasteiger partial charge in [-0.3, -0.25) is 9.69 Å². The van der Waals surface area contributed by atoms with Crippen LogP contribution < -0.4 is 20.3 Å². The summed E-state index contributed by atoms with van der Waals surface area (Å²) in [6, 6.07) is 23.7. The number of rotatable bonds is 3. The van der Waals surface area contributed by atoms with Crippen molar-refractivity contribution >= 4 is 28.9 Å². The molecular weight excluding hydrogens is 438 g/mol. The molecule has 35 heavy (non-hydrogen) atoms. The summed E-state index contributed by atoms with van der Waals surface area (Å²) in [5.41, 5.74) is 4.36. The Morgan fingerprint density at radius 3 is 2.37 bits per heavy atom. The van der Waals surface area contributed by atoms with Crippen molar-refractivity contribution in [1.29, 1.82) is 0 Å². The van der Waals surface area contributed by atoms with Gasteiger partial charge in [-0.2, -0.15) is 0 Å². The maximum absolute atomic E-state index is 13.9. The summed E-state index contributed by atoms with van der Waals surface area (Å²) in [4.78, 5) is 29.3. The number of anilines is 3. The largest absolute Gasteiger partial charge is 0.497 e. The van der Waals surface area contributed by atoms with E-state index in [1.807, 2.05) is 78.9 Å². The number of fused-ring (bicyclic) bond motifs is 1. The van der Waals surface area contributed by atoms with E-state index in [1.165, 1.54) is 0 Å². The molecule has 2 N–H and O–H groups in total. The minimum absolute atomic E-state index is 0.0508. The summed E-state index contributed by atoms with van der Waals surface area (Å²) in [5, 5.41) is 6.56. The van der Waals surface area contributed by atoms with Crippen molar-refractivity contribution in [3.05, 3.63) is 95.7 Å². The fraction of sp³-hybridized carbons (Fsp3) is 0.241. The molecule has 0 unspecified atom stereocenters. The van der Waals surface area contributed by atoms with Crippen molar-refractivity contribution in [2.45, 2.75) is 32.7 Å². The Hall–Kier alpha value is -4.06. The quantitative estimate of drug-likeness (QED) is 0.459. The number of ether oxygens (including phenoxy) is 1. The lowest BCUT2D eigenvalue weighted by Gasteiger charge is -2.37. The number of nitrogens with one attached hydrogen (secondary N) is 2. The number of methoxy groups -OCH3 is 1. The molecule has 3 aromatic rings. The molecule has 1 heterocycles. The first kappa shape index (κ1) is 22.7. The second-order valence-electron chi connectivity index (χ2n) is 9.82. The van der Waals surface area contributed by atoms with Gasteiger partial charge in [-0.15, -0.1) is 0 Å². The topological polar surface area (TPSA) is 70.7 Å². The highest BCUT2D eigenvalue weighted by Crippen LogP contribution is 2.48. The van der Waals surface area contributed by atoms with Crippen LogP contribution in [0.25, 0.3) is 0 Å². The highest BCUT2D eigenvalue weighted by Gasteiger charge is 2.43. The molecule has 0 fully saturated rings. The number of nitrogens with zero attached hydrogens (tertiary/aromatic N) is 1. The lowest BCUT2D eigenvalue weighted by Crippen LogP contribution is -2.41. The van der Waals surface area contributed by atoms with Gasteiger partial charge in [0.2, 0.25) is 0 Å². The van der Waals surface area contributed by atoms with E-state index in [1.54, 1.807) is 12.0 Å². The lowest BCUT2D eigenvalue weighted by atomic mass is 9.73. The molecule has 0 spiro atoms. The van der Waals surface area contributed by atoms with Gasteiger partial charge in [-0.05, 0) is 53.8 Å². The van der Waals surface area contributed by atoms with Crippen LogP contribution in [0.4, 0.5) is 21.9 Å². The monoisotopic (exact) mass is 467 g/mol. The first-order valence-electron chi connectivity index (χ1n) is 11.8. The number of carbonyl (C=O) groups excluding carboxylic acids is 2. The fourth-order valence-corrected chi connectivity index (χ4v) is 5.02. The zero-order valence-electron chi connectivity index (χ0n) is 20.2. The van der Waals surface area contributed by atoms with E-state index in [0.29, 0.717) is 35.5 Å². The Kier molecular flexibility index (Phi) is 5.81. The third-order valence-electron chi connectivity index (χ3n) is 6.58. The minimum Gasteiger partial charge on any atom is -0.497 e. The van der Waals surface area contributed by atoms with Crippen LogP contribution in [-0.4, -0.2) is 18.9 Å². The lowest BCUT2D eigenvalue weighted by molar-refractivity contribution is -0.118. The number of amides is 2. The number of allylic oxidation sites excluding steroid dienone is 1. The number of urea groups is 1. The Morgan fingerprint density at radius 2 is 1.66 bits per heavy atom. The van der Waals surface area contributed by atoms with Gasteiger partial charge in [0, 0.05) is 23.4 Å². The number of Topliss-reactive ketones (excluding diaryl/α,β-unsaturated/α-hetero) is 1. The van der Waals surface area contributed by atoms with Crippen LogP contribution in [0.2, 0.25) is 0 Å². The van der Waals surface area contributed by atoms with Crippen molar-refractivity contribution < 1.29 is 14.3 Å². The van der Waals surface area contributed by atoms with Gasteiger partial charge in [-0.25, -0.2) is 4.79 Å². The van der Waals surface area contributed by atoms with Crippen LogP contribution in [0, 0.1) is 5.41 Å². The Labute approximate surface area is 205 Å². The van der Waals surface area contributed by atoms with Crippen LogP contribution in [0.5, 0.6) is 5.75 Å². The smallest absolute Gasteiger partial charge is 0.327 e. The third kappa shape index (κ3) is 4.39. The summed E-state index contributed by atoms with van der Waals surface area (Å²) in [5.74, 6) is 0.765. The molecule has 6 nitrogen and oxygen atoms in total. The molecule has 2 aliphatic rings. The van der Waals surface area contributed by atoms with Crippen molar-refractivity contribution in [3.63, 3.8) is 0 Å². The molecule has 0 saturated carbocycles. The van der Waals surface area contributed by atoms with Gasteiger partial charge >= 0.3 is 6.03 Å². The molecule has 0 radical (unpaired) electrons. The van der Waals surface area contributed by atoms with E-state index in [-0.39, 0.29) is 17.2 Å². The van der Waals surface area contributed by atoms with Gasteiger partial charge in [0.05, 0.1) is 24.5 Å². The standard InChI is InChI=1S/C29H29N3O3/c1-29(2)17-23-26(25(33)18-29)27(19-13-15-21(35-3)16-14-19)32(24-12-8-7-11-22(24)31-23)28(34)30-20-9-5-4-6-10-20/h4-16,27,31H,17-18H2,1-3H3,(H,30,34)/t27-/m0/s1. The van der Waals surface area contributed by atoms with E-state index >= 15 is 0 Å². The van der Waals surface area contributed by atoms with Crippen LogP contribution in [0.3, 0.4) is 0 Å². The Balaban J connectivity index is 1.71. The molecule has 1 atom stereocenters. The predicted molar refractivity (Wildman–Crippen MR) is 139 cm³/mol. The molecule has 0 aromatic heterocycles. The van der Waals surface area contributed by atoms with Crippen LogP contribution in [-0.2, 0) is 4.79 Å². The second kappa shape index (κ2) is 8.95. The van der Waals surface area contributed by atoms with Crippen molar-refractivity contribution in [2.75, 3.05) is 22.6 Å². The molecule has 1 aliphatic heterocycles. The average molecular weight is 468 g/mol. The molecule has 3 aromatic carbocycles. The summed E-state index contributed by atoms with van der Waals surface area (Å²) in [6.45, 7) is 4.21. The molecule has 0 saturated heterocycles. The highest BCUT2D eigenvalue weighted by molar-refractivity contribution is 6.09. The number of para-hydroxylation sites is 3. The normalized spacial score (nSPS) is 18.7. The van der Waals surface area contributed by atoms with E-state index in [9.17, 15) is 9.59 Å². The van der Waals surface area contributed by atoms with Crippen LogP contribution in [0.1, 0.15) is 38.3 Å². The fourth-order valence-electron chi connectivity index (χ4n) is 5.02. The maximum atomic E-state index is 13.9. The predicted octanol–water partition coefficient (Wildman–Crippen LogP) is 6.54. The second-order valence-corrected chi connectivity index (χ2v) is 9.82. The van der Waals surface area contributed by atoms with Crippen molar-refractivity contribution in [1.82, 2.24) is 0 Å². The van der Waals surface area contributed by atoms with Crippen LogP contribution >= 0.6 is 0 Å². The molecule has 6 heteroatoms. The maximum Gasteiger partial charge on any atom is 0.327 e. The molecule has 0 bridgehead atoms. The number of hydrogen-bond donors (Lipinski definition) is 2. The molecular formula is C29H29N3O3. The molecule has 2 amide bonds. The third-order valence-corrected chi connectivity index (χ3v) is 6.58. The van der Waals surface area contributed by atoms with Gasteiger partial charge in [0.25, 0.3) is 0 Å². The van der Waals surface area contributed by atoms with Gasteiger partial charge in [-0.1, -0.05) is 56.3 Å². The molecule has 1 aliphatic carbocycles. The van der Waals surface area contributed by atoms with Crippen LogP contribution in [0.15, 0.2) is 90.1 Å². The summed E-state index contributed by atoms with van der Waals surface area (Å²) in [6.07, 6.45) is 1.13. The zero-order valence-corrected chi connectivity index (χ0v) is 20.2. The molecule has 5 rings (SSSR count). The summed E-state index contributed by atoms with van der Waals surface area (Å²) >= 11 is 0. The highest BCUT2D eigenvalue weighted by atomic mass is 16.5. The van der Waals surface area contributed by atoms with E-state index < -0.39 is 6.04 Å². The van der Waals surface area contributed by atoms with Crippen molar-refractivity contribution in [2.24, 2.45) is 5.41 Å². The summed E-state index contributed by atoms with van der Waals surface area (Å²) in [7, 11) is 1.62. The summed E-state index contributed by atoms with van der Waals surface area (Å²) < 4.78 is 5.36. The van der Waals surface area contributed by atoms with Gasteiger partial charge in [0.1, 0.15) is 5.75 Å². The number of carbonyl (C=O) groups is 2.